The van der Waals surface area contributed by atoms with Gasteiger partial charge in [-0.2, -0.15) is 0 Å². The Hall–Kier alpha value is -3.42. The molecule has 1 aromatic heterocycles. The van der Waals surface area contributed by atoms with Gasteiger partial charge in [0.1, 0.15) is 0 Å². The average molecular weight is 604 g/mol. The van der Waals surface area contributed by atoms with Gasteiger partial charge in [-0.25, -0.2) is 9.98 Å². The van der Waals surface area contributed by atoms with Crippen LogP contribution in [0, 0.1) is 18.8 Å². The molecule has 5 rings (SSSR count). The SMILES string of the molecule is CCC1=C(C)C2=CC3=NC(=C(C)/C3=C\[O-])C=C3N=C(C=c4[n-]c(c(C)c4CO)=CC1=N2)[C@@H](CCC(=O)OC)[C@@H]3C.[Zn+2]. The molecule has 0 saturated heterocycles. The van der Waals surface area contributed by atoms with E-state index in [9.17, 15) is 15.0 Å². The van der Waals surface area contributed by atoms with Gasteiger partial charge in [0.25, 0.3) is 0 Å². The number of hydrogen-bond acceptors (Lipinski definition) is 7. The average Bonchev–Trinajstić information content (AvgIpc) is 3.60. The Balaban J connectivity index is 0.00000387. The summed E-state index contributed by atoms with van der Waals surface area (Å²) in [7, 11) is 1.39. The van der Waals surface area contributed by atoms with Crippen LogP contribution in [0.1, 0.15) is 58.1 Å². The Morgan fingerprint density at radius 1 is 1.07 bits per heavy atom. The number of aliphatic imine (C=N–C) groups is 3. The van der Waals surface area contributed by atoms with Crippen molar-refractivity contribution in [2.24, 2.45) is 26.8 Å². The van der Waals surface area contributed by atoms with Gasteiger partial charge in [-0.1, -0.05) is 31.6 Å². The zero-order valence-electron chi connectivity index (χ0n) is 24.5. The van der Waals surface area contributed by atoms with Gasteiger partial charge >= 0.3 is 25.4 Å². The molecule has 1 N–H and O–H groups in total. The fraction of sp³-hybridized carbons (Fsp3) is 0.375. The van der Waals surface area contributed by atoms with Crippen LogP contribution in [-0.4, -0.2) is 35.3 Å². The van der Waals surface area contributed by atoms with Crippen LogP contribution >= 0.6 is 0 Å². The van der Waals surface area contributed by atoms with Gasteiger partial charge in [-0.05, 0) is 73.6 Å². The van der Waals surface area contributed by atoms with Crippen LogP contribution in [0.4, 0.5) is 0 Å². The minimum Gasteiger partial charge on any atom is -0.877 e. The van der Waals surface area contributed by atoms with Crippen molar-refractivity contribution in [2.75, 3.05) is 7.11 Å². The second-order valence-electron chi connectivity index (χ2n) is 10.6. The molecule has 0 radical (unpaired) electrons. The molecule has 0 aromatic carbocycles. The van der Waals surface area contributed by atoms with Crippen molar-refractivity contribution >= 4 is 35.3 Å². The molecule has 0 spiro atoms. The Bertz CT molecular complexity index is 1680. The monoisotopic (exact) mass is 602 g/mol. The normalized spacial score (nSPS) is 22.4. The van der Waals surface area contributed by atoms with Gasteiger partial charge in [0.15, 0.2) is 0 Å². The second-order valence-corrected chi connectivity index (χ2v) is 10.6. The van der Waals surface area contributed by atoms with E-state index in [-0.39, 0.29) is 50.3 Å². The van der Waals surface area contributed by atoms with Gasteiger partial charge in [-0.3, -0.25) is 9.79 Å². The summed E-state index contributed by atoms with van der Waals surface area (Å²) >= 11 is 0. The van der Waals surface area contributed by atoms with Crippen molar-refractivity contribution < 1.29 is 39.2 Å². The quantitative estimate of drug-likeness (QED) is 0.315. The minimum atomic E-state index is -0.273. The summed E-state index contributed by atoms with van der Waals surface area (Å²) in [4.78, 5) is 31.7. The molecule has 8 nitrogen and oxygen atoms in total. The Kier molecular flexibility index (Phi) is 9.10. The molecule has 41 heavy (non-hydrogen) atoms. The van der Waals surface area contributed by atoms with Crippen LogP contribution in [0.3, 0.4) is 0 Å². The zero-order chi connectivity index (χ0) is 28.7. The third kappa shape index (κ3) is 5.45. The maximum Gasteiger partial charge on any atom is 2.00 e. The third-order valence-electron chi connectivity index (χ3n) is 8.42. The number of fused-ring (bicyclic) bond motifs is 5. The summed E-state index contributed by atoms with van der Waals surface area (Å²) in [6.45, 7) is 9.91. The minimum absolute atomic E-state index is 0. The molecule has 9 heteroatoms. The largest absolute Gasteiger partial charge is 2.00 e. The number of carbonyl (C=O) groups is 1. The van der Waals surface area contributed by atoms with E-state index in [0.717, 1.165) is 68.7 Å². The number of carbonyl (C=O) groups excluding carboxylic acids is 1. The summed E-state index contributed by atoms with van der Waals surface area (Å²) in [5.74, 6) is -0.342. The molecule has 0 aliphatic carbocycles. The van der Waals surface area contributed by atoms with Gasteiger partial charge in [0.05, 0.1) is 36.5 Å². The van der Waals surface area contributed by atoms with Gasteiger partial charge in [0.2, 0.25) is 0 Å². The second kappa shape index (κ2) is 12.2. The fourth-order valence-corrected chi connectivity index (χ4v) is 5.84. The number of aromatic nitrogens is 1. The first-order valence-electron chi connectivity index (χ1n) is 13.7. The van der Waals surface area contributed by atoms with E-state index in [1.807, 2.05) is 45.1 Å². The van der Waals surface area contributed by atoms with Crippen molar-refractivity contribution in [2.45, 2.75) is 60.5 Å². The van der Waals surface area contributed by atoms with Crippen LogP contribution < -0.4 is 20.8 Å². The van der Waals surface area contributed by atoms with E-state index >= 15 is 0 Å². The van der Waals surface area contributed by atoms with Gasteiger partial charge in [-0.15, -0.1) is 17.0 Å². The predicted octanol–water partition coefficient (Wildman–Crippen LogP) is 2.60. The molecule has 4 aliphatic heterocycles. The van der Waals surface area contributed by atoms with Crippen molar-refractivity contribution in [3.8, 4) is 0 Å². The van der Waals surface area contributed by atoms with E-state index < -0.39 is 0 Å². The third-order valence-corrected chi connectivity index (χ3v) is 8.42. The van der Waals surface area contributed by atoms with Crippen LogP contribution in [0.25, 0.3) is 12.2 Å². The molecular weight excluding hydrogens is 570 g/mol. The maximum atomic E-state index is 12.2. The molecule has 5 heterocycles. The number of aliphatic hydroxyl groups excluding tert-OH is 1. The molecule has 2 atom stereocenters. The number of allylic oxidation sites excluding steroid dienone is 7. The Morgan fingerprint density at radius 2 is 1.83 bits per heavy atom. The predicted molar refractivity (Wildman–Crippen MR) is 155 cm³/mol. The van der Waals surface area contributed by atoms with Crippen LogP contribution in [-0.2, 0) is 35.6 Å². The van der Waals surface area contributed by atoms with E-state index in [2.05, 4.69) is 13.8 Å². The molecule has 4 aliphatic rings. The fourth-order valence-electron chi connectivity index (χ4n) is 5.84. The Morgan fingerprint density at radius 3 is 2.49 bits per heavy atom. The number of esters is 1. The Labute approximate surface area is 252 Å². The van der Waals surface area contributed by atoms with Crippen LogP contribution in [0.2, 0.25) is 0 Å². The van der Waals surface area contributed by atoms with Crippen molar-refractivity contribution in [1.82, 2.24) is 4.98 Å². The zero-order valence-corrected chi connectivity index (χ0v) is 27.5. The van der Waals surface area contributed by atoms with E-state index in [1.165, 1.54) is 7.11 Å². The number of nitrogens with zero attached hydrogens (tertiary/aromatic N) is 4. The summed E-state index contributed by atoms with van der Waals surface area (Å²) < 4.78 is 4.90. The summed E-state index contributed by atoms with van der Waals surface area (Å²) in [6, 6.07) is 0. The number of rotatable bonds is 5. The van der Waals surface area contributed by atoms with Crippen LogP contribution in [0.15, 0.2) is 72.8 Å². The summed E-state index contributed by atoms with van der Waals surface area (Å²) in [5, 5.41) is 23.9. The van der Waals surface area contributed by atoms with E-state index in [1.54, 1.807) is 0 Å². The number of ether oxygens (including phenoxy) is 1. The smallest absolute Gasteiger partial charge is 0.877 e. The molecule has 0 fully saturated rings. The van der Waals surface area contributed by atoms with E-state index in [4.69, 9.17) is 24.7 Å². The first-order valence-corrected chi connectivity index (χ1v) is 13.7. The molecule has 0 saturated carbocycles. The van der Waals surface area contributed by atoms with Crippen molar-refractivity contribution in [3.63, 3.8) is 0 Å². The van der Waals surface area contributed by atoms with Gasteiger partial charge in [0, 0.05) is 29.7 Å². The number of hydrogen-bond donors (Lipinski definition) is 1. The number of methoxy groups -OCH3 is 1. The molecule has 208 valence electrons. The number of aliphatic hydroxyl groups is 1. The summed E-state index contributed by atoms with van der Waals surface area (Å²) in [6.07, 6.45) is 10.2. The van der Waals surface area contributed by atoms with E-state index in [0.29, 0.717) is 28.8 Å². The molecule has 8 bridgehead atoms. The summed E-state index contributed by atoms with van der Waals surface area (Å²) in [5.41, 5.74) is 9.57. The molecular formula is C32H34N4O4Zn. The maximum absolute atomic E-state index is 12.2. The molecule has 1 aromatic rings. The standard InChI is InChI=1S/C32H35N4O4.Zn/c1-7-20-16(2)26-12-30-22(14-37)18(4)25(35-30)10-24-17(3)21(8-9-32(39)40-6)29(34-24)13-31-23(15-38)19(5)27(36-31)11-28(20)33-26;/h10-14,17,21,38H,7-9,15H2,1-6H3,(H-,33,34,35,36,37);/q-1;+2/p-1/t17-,21-;/m0./s1. The van der Waals surface area contributed by atoms with Crippen LogP contribution in [0.5, 0.6) is 0 Å². The van der Waals surface area contributed by atoms with Gasteiger partial charge < -0.3 is 19.9 Å². The molecule has 0 amide bonds. The first kappa shape index (κ1) is 30.5. The molecule has 0 unspecified atom stereocenters. The first-order chi connectivity index (χ1) is 19.2. The topological polar surface area (TPSA) is 121 Å². The van der Waals surface area contributed by atoms with Crippen molar-refractivity contribution in [3.05, 3.63) is 79.6 Å². The van der Waals surface area contributed by atoms with Crippen molar-refractivity contribution in [1.29, 1.82) is 0 Å².